The molecule has 0 amide bonds. The van der Waals surface area contributed by atoms with Gasteiger partial charge in [0.2, 0.25) is 6.29 Å². The first-order valence-electron chi connectivity index (χ1n) is 8.02. The van der Waals surface area contributed by atoms with E-state index in [-0.39, 0.29) is 17.3 Å². The highest BCUT2D eigenvalue weighted by Gasteiger charge is 2.59. The van der Waals surface area contributed by atoms with Crippen molar-refractivity contribution in [1.82, 2.24) is 0 Å². The summed E-state index contributed by atoms with van der Waals surface area (Å²) in [7, 11) is 0. The summed E-state index contributed by atoms with van der Waals surface area (Å²) in [6, 6.07) is 9.51. The predicted octanol–water partition coefficient (Wildman–Crippen LogP) is 3.46. The number of esters is 1. The lowest BCUT2D eigenvalue weighted by Crippen LogP contribution is -2.41. The smallest absolute Gasteiger partial charge is 0.345 e. The maximum atomic E-state index is 12.9. The molecule has 3 unspecified atom stereocenters. The topological polar surface area (TPSA) is 68.1 Å². The Morgan fingerprint density at radius 2 is 1.96 bits per heavy atom. The van der Waals surface area contributed by atoms with Crippen LogP contribution >= 0.6 is 0 Å². The quantitative estimate of drug-likeness (QED) is 0.515. The second-order valence-electron chi connectivity index (χ2n) is 7.43. The van der Waals surface area contributed by atoms with E-state index in [1.54, 1.807) is 0 Å². The van der Waals surface area contributed by atoms with Crippen LogP contribution in [0.15, 0.2) is 35.5 Å². The van der Waals surface area contributed by atoms with Crippen molar-refractivity contribution in [2.45, 2.75) is 51.9 Å². The zero-order chi connectivity index (χ0) is 16.7. The first-order valence-corrected chi connectivity index (χ1v) is 8.02. The molecule has 0 radical (unpaired) electrons. The summed E-state index contributed by atoms with van der Waals surface area (Å²) in [5.41, 5.74) is 0.0894. The van der Waals surface area contributed by atoms with Crippen LogP contribution in [0, 0.1) is 11.3 Å². The molecule has 1 heterocycles. The molecule has 0 aromatic heterocycles. The lowest BCUT2D eigenvalue weighted by atomic mass is 9.80. The van der Waals surface area contributed by atoms with Gasteiger partial charge in [-0.15, -0.1) is 0 Å². The minimum atomic E-state index is -1.12. The van der Waals surface area contributed by atoms with Crippen molar-refractivity contribution < 1.29 is 19.5 Å². The third-order valence-corrected chi connectivity index (χ3v) is 4.70. The van der Waals surface area contributed by atoms with E-state index in [0.29, 0.717) is 18.6 Å². The summed E-state index contributed by atoms with van der Waals surface area (Å²) in [4.78, 5) is 12.9. The molecule has 1 N–H and O–H groups in total. The van der Waals surface area contributed by atoms with E-state index in [1.165, 1.54) is 0 Å². The summed E-state index contributed by atoms with van der Waals surface area (Å²) in [5.74, 6) is -0.427. The number of benzene rings is 1. The summed E-state index contributed by atoms with van der Waals surface area (Å²) in [6.07, 6.45) is 1.36. The monoisotopic (exact) mass is 317 g/mol. The molecule has 0 spiro atoms. The second kappa shape index (κ2) is 5.64. The predicted molar refractivity (Wildman–Crippen MR) is 85.1 cm³/mol. The highest BCUT2D eigenvalue weighted by Crippen LogP contribution is 2.49. The van der Waals surface area contributed by atoms with Gasteiger partial charge in [-0.2, -0.15) is 0 Å². The maximum absolute atomic E-state index is 12.9. The van der Waals surface area contributed by atoms with Crippen molar-refractivity contribution in [3.63, 3.8) is 0 Å². The standard InChI is InChI=1S/C18H23NO4/c1-17(2,3)16-22-15(20)18(23-16,12-7-5-4-6-8-12)13-9-10-14(11-13)19-21/h4-8,13,16,21H,9-11H2,1-3H3/b19-14-. The van der Waals surface area contributed by atoms with Crippen LogP contribution in [0.3, 0.4) is 0 Å². The average Bonchev–Trinajstić information content (AvgIpc) is 3.12. The van der Waals surface area contributed by atoms with Crippen molar-refractivity contribution in [3.05, 3.63) is 35.9 Å². The van der Waals surface area contributed by atoms with Gasteiger partial charge in [0.15, 0.2) is 5.60 Å². The van der Waals surface area contributed by atoms with Crippen molar-refractivity contribution in [1.29, 1.82) is 0 Å². The fourth-order valence-electron chi connectivity index (χ4n) is 3.42. The minimum Gasteiger partial charge on any atom is -0.433 e. The van der Waals surface area contributed by atoms with Crippen LogP contribution in [0.1, 0.15) is 45.6 Å². The molecule has 2 fully saturated rings. The van der Waals surface area contributed by atoms with Gasteiger partial charge in [-0.05, 0) is 24.8 Å². The number of nitrogens with zero attached hydrogens (tertiary/aromatic N) is 1. The number of oxime groups is 1. The van der Waals surface area contributed by atoms with Gasteiger partial charge in [0.1, 0.15) is 0 Å². The van der Waals surface area contributed by atoms with E-state index in [1.807, 2.05) is 51.1 Å². The number of ether oxygens (including phenoxy) is 2. The third-order valence-electron chi connectivity index (χ3n) is 4.70. The Morgan fingerprint density at radius 3 is 2.48 bits per heavy atom. The van der Waals surface area contributed by atoms with Crippen molar-refractivity contribution in [3.8, 4) is 0 Å². The van der Waals surface area contributed by atoms with E-state index in [4.69, 9.17) is 14.7 Å². The highest BCUT2D eigenvalue weighted by atomic mass is 16.8. The SMILES string of the molecule is CC(C)(C)C1OC(=O)C(c2ccccc2)(C2CC/C(=N/O)C2)O1. The van der Waals surface area contributed by atoms with Gasteiger partial charge in [-0.3, -0.25) is 0 Å². The molecule has 1 saturated heterocycles. The van der Waals surface area contributed by atoms with E-state index in [2.05, 4.69) is 5.16 Å². The average molecular weight is 317 g/mol. The molecule has 5 heteroatoms. The molecule has 1 saturated carbocycles. The molecule has 1 aliphatic heterocycles. The summed E-state index contributed by atoms with van der Waals surface area (Å²) in [5, 5.41) is 12.4. The van der Waals surface area contributed by atoms with Crippen LogP contribution < -0.4 is 0 Å². The Labute approximate surface area is 136 Å². The zero-order valence-corrected chi connectivity index (χ0v) is 13.8. The molecule has 23 heavy (non-hydrogen) atoms. The third kappa shape index (κ3) is 2.63. The van der Waals surface area contributed by atoms with Gasteiger partial charge in [0, 0.05) is 11.3 Å². The maximum Gasteiger partial charge on any atom is 0.345 e. The summed E-state index contributed by atoms with van der Waals surface area (Å²) < 4.78 is 11.9. The zero-order valence-electron chi connectivity index (χ0n) is 13.8. The first-order chi connectivity index (χ1) is 10.9. The highest BCUT2D eigenvalue weighted by molar-refractivity contribution is 5.89. The van der Waals surface area contributed by atoms with Crippen LogP contribution in [-0.4, -0.2) is 23.2 Å². The molecular weight excluding hydrogens is 294 g/mol. The lowest BCUT2D eigenvalue weighted by molar-refractivity contribution is -0.161. The first kappa shape index (κ1) is 16.0. The minimum absolute atomic E-state index is 0.0874. The van der Waals surface area contributed by atoms with Crippen molar-refractivity contribution in [2.24, 2.45) is 16.5 Å². The van der Waals surface area contributed by atoms with Gasteiger partial charge in [0.05, 0.1) is 5.71 Å². The number of cyclic esters (lactones) is 1. The Kier molecular flexibility index (Phi) is 3.92. The summed E-state index contributed by atoms with van der Waals surface area (Å²) >= 11 is 0. The molecular formula is C18H23NO4. The van der Waals surface area contributed by atoms with Gasteiger partial charge in [-0.1, -0.05) is 56.3 Å². The van der Waals surface area contributed by atoms with Crippen LogP contribution in [0.2, 0.25) is 0 Å². The normalized spacial score (nSPS) is 33.2. The molecule has 1 aromatic rings. The van der Waals surface area contributed by atoms with Gasteiger partial charge >= 0.3 is 5.97 Å². The Hall–Kier alpha value is -1.88. The molecule has 3 rings (SSSR count). The van der Waals surface area contributed by atoms with E-state index >= 15 is 0 Å². The second-order valence-corrected chi connectivity index (χ2v) is 7.43. The Balaban J connectivity index is 2.04. The fraction of sp³-hybridized carbons (Fsp3) is 0.556. The fourth-order valence-corrected chi connectivity index (χ4v) is 3.42. The molecule has 1 aromatic carbocycles. The molecule has 2 aliphatic rings. The van der Waals surface area contributed by atoms with E-state index in [9.17, 15) is 4.79 Å². The molecule has 5 nitrogen and oxygen atoms in total. The van der Waals surface area contributed by atoms with Crippen LogP contribution in [-0.2, 0) is 19.9 Å². The van der Waals surface area contributed by atoms with Gasteiger partial charge in [0.25, 0.3) is 0 Å². The van der Waals surface area contributed by atoms with E-state index in [0.717, 1.165) is 12.0 Å². The number of hydrogen-bond acceptors (Lipinski definition) is 5. The van der Waals surface area contributed by atoms with E-state index < -0.39 is 11.9 Å². The van der Waals surface area contributed by atoms with Gasteiger partial charge in [-0.25, -0.2) is 4.79 Å². The molecule has 0 bridgehead atoms. The van der Waals surface area contributed by atoms with Crippen molar-refractivity contribution >= 4 is 11.7 Å². The Bertz CT molecular complexity index is 620. The number of rotatable bonds is 2. The van der Waals surface area contributed by atoms with Gasteiger partial charge < -0.3 is 14.7 Å². The lowest BCUT2D eigenvalue weighted by Gasteiger charge is -2.32. The largest absolute Gasteiger partial charge is 0.433 e. The molecule has 3 atom stereocenters. The van der Waals surface area contributed by atoms with Crippen LogP contribution in [0.25, 0.3) is 0 Å². The molecule has 124 valence electrons. The molecule has 1 aliphatic carbocycles. The van der Waals surface area contributed by atoms with Crippen LogP contribution in [0.5, 0.6) is 0 Å². The number of carbonyl (C=O) groups excluding carboxylic acids is 1. The number of carbonyl (C=O) groups is 1. The number of hydrogen-bond donors (Lipinski definition) is 1. The van der Waals surface area contributed by atoms with Crippen molar-refractivity contribution in [2.75, 3.05) is 0 Å². The summed E-state index contributed by atoms with van der Waals surface area (Å²) in [6.45, 7) is 5.96. The van der Waals surface area contributed by atoms with Crippen LogP contribution in [0.4, 0.5) is 0 Å². The Morgan fingerprint density at radius 1 is 1.26 bits per heavy atom.